The molecule has 0 saturated carbocycles. The molecular formula is C18H16N2O5. The topological polar surface area (TPSA) is 85.9 Å². The predicted molar refractivity (Wildman–Crippen MR) is 88.7 cm³/mol. The molecule has 2 aliphatic rings. The van der Waals surface area contributed by atoms with Gasteiger partial charge in [0.15, 0.2) is 18.1 Å². The largest absolute Gasteiger partial charge is 0.482 e. The molecule has 2 amide bonds. The van der Waals surface area contributed by atoms with Crippen molar-refractivity contribution in [2.45, 2.75) is 13.0 Å². The van der Waals surface area contributed by atoms with Gasteiger partial charge in [0, 0.05) is 6.54 Å². The Morgan fingerprint density at radius 1 is 1.00 bits per heavy atom. The van der Waals surface area contributed by atoms with Crippen molar-refractivity contribution in [2.24, 2.45) is 0 Å². The van der Waals surface area contributed by atoms with E-state index in [1.54, 1.807) is 12.1 Å². The maximum atomic E-state index is 12.2. The molecule has 0 fully saturated rings. The van der Waals surface area contributed by atoms with Gasteiger partial charge in [-0.15, -0.1) is 0 Å². The van der Waals surface area contributed by atoms with Gasteiger partial charge in [-0.2, -0.15) is 0 Å². The van der Waals surface area contributed by atoms with Crippen LogP contribution in [0.1, 0.15) is 11.1 Å². The first-order valence-corrected chi connectivity index (χ1v) is 7.88. The van der Waals surface area contributed by atoms with E-state index in [-0.39, 0.29) is 31.6 Å². The van der Waals surface area contributed by atoms with Crippen LogP contribution in [0.2, 0.25) is 0 Å². The lowest BCUT2D eigenvalue weighted by molar-refractivity contribution is -0.120. The van der Waals surface area contributed by atoms with E-state index in [0.29, 0.717) is 29.5 Å². The number of fused-ring (bicyclic) bond motifs is 2. The fraction of sp³-hybridized carbons (Fsp3) is 0.222. The summed E-state index contributed by atoms with van der Waals surface area (Å²) in [7, 11) is 0. The average Bonchev–Trinajstić information content (AvgIpc) is 3.07. The van der Waals surface area contributed by atoms with Crippen LogP contribution >= 0.6 is 0 Å². The Balaban J connectivity index is 1.36. The molecule has 7 heteroatoms. The van der Waals surface area contributed by atoms with Gasteiger partial charge in [0.25, 0.3) is 5.91 Å². The van der Waals surface area contributed by atoms with E-state index < -0.39 is 0 Å². The molecule has 0 radical (unpaired) electrons. The molecule has 0 bridgehead atoms. The standard InChI is InChI=1S/C18H16N2O5/c21-17(19-8-12-2-4-15-16(6-12)25-10-24-15)7-11-1-3-14-13(5-11)20-18(22)9-23-14/h1-6H,7-10H2,(H,19,21)(H,20,22). The molecule has 4 rings (SSSR count). The quantitative estimate of drug-likeness (QED) is 0.883. The van der Waals surface area contributed by atoms with Crippen LogP contribution in [0.25, 0.3) is 0 Å². The van der Waals surface area contributed by atoms with Crippen LogP contribution in [-0.2, 0) is 22.6 Å². The molecule has 0 spiro atoms. The minimum Gasteiger partial charge on any atom is -0.482 e. The Hall–Kier alpha value is -3.22. The van der Waals surface area contributed by atoms with Gasteiger partial charge in [0.05, 0.1) is 12.1 Å². The van der Waals surface area contributed by atoms with Crippen molar-refractivity contribution < 1.29 is 23.8 Å². The smallest absolute Gasteiger partial charge is 0.262 e. The second-order valence-electron chi connectivity index (χ2n) is 5.81. The Morgan fingerprint density at radius 3 is 2.72 bits per heavy atom. The Bertz CT molecular complexity index is 849. The van der Waals surface area contributed by atoms with Crippen molar-refractivity contribution >= 4 is 17.5 Å². The zero-order valence-electron chi connectivity index (χ0n) is 13.3. The lowest BCUT2D eigenvalue weighted by Gasteiger charge is -2.18. The minimum absolute atomic E-state index is 0.0162. The van der Waals surface area contributed by atoms with Crippen LogP contribution in [0.4, 0.5) is 5.69 Å². The predicted octanol–water partition coefficient (Wildman–Crippen LogP) is 1.61. The van der Waals surface area contributed by atoms with Crippen molar-refractivity contribution in [3.63, 3.8) is 0 Å². The van der Waals surface area contributed by atoms with Crippen LogP contribution in [-0.4, -0.2) is 25.2 Å². The number of nitrogens with one attached hydrogen (secondary N) is 2. The van der Waals surface area contributed by atoms with Crippen molar-refractivity contribution in [1.82, 2.24) is 5.32 Å². The molecule has 0 aliphatic carbocycles. The number of carbonyl (C=O) groups excluding carboxylic acids is 2. The fourth-order valence-electron chi connectivity index (χ4n) is 2.74. The summed E-state index contributed by atoms with van der Waals surface area (Å²) in [5, 5.41) is 5.61. The van der Waals surface area contributed by atoms with Gasteiger partial charge in [-0.25, -0.2) is 0 Å². The van der Waals surface area contributed by atoms with E-state index in [9.17, 15) is 9.59 Å². The summed E-state index contributed by atoms with van der Waals surface area (Å²) in [6.07, 6.45) is 0.216. The number of hydrogen-bond donors (Lipinski definition) is 2. The summed E-state index contributed by atoms with van der Waals surface area (Å²) in [4.78, 5) is 23.5. The molecule has 128 valence electrons. The normalized spacial score (nSPS) is 14.3. The van der Waals surface area contributed by atoms with Crippen LogP contribution < -0.4 is 24.8 Å². The number of benzene rings is 2. The molecule has 0 unspecified atom stereocenters. The molecule has 0 saturated heterocycles. The Morgan fingerprint density at radius 2 is 1.80 bits per heavy atom. The van der Waals surface area contributed by atoms with Crippen molar-refractivity contribution in [3.8, 4) is 17.2 Å². The molecule has 25 heavy (non-hydrogen) atoms. The van der Waals surface area contributed by atoms with Crippen LogP contribution in [0.3, 0.4) is 0 Å². The van der Waals surface area contributed by atoms with Crippen LogP contribution in [0, 0.1) is 0 Å². The summed E-state index contributed by atoms with van der Waals surface area (Å²) >= 11 is 0. The maximum absolute atomic E-state index is 12.2. The highest BCUT2D eigenvalue weighted by atomic mass is 16.7. The number of anilines is 1. The fourth-order valence-corrected chi connectivity index (χ4v) is 2.74. The van der Waals surface area contributed by atoms with E-state index in [2.05, 4.69) is 10.6 Å². The molecule has 2 aliphatic heterocycles. The molecule has 0 aromatic heterocycles. The van der Waals surface area contributed by atoms with Crippen LogP contribution in [0.15, 0.2) is 36.4 Å². The number of ether oxygens (including phenoxy) is 3. The zero-order chi connectivity index (χ0) is 17.2. The number of rotatable bonds is 4. The summed E-state index contributed by atoms with van der Waals surface area (Å²) < 4.78 is 15.9. The molecule has 2 aromatic carbocycles. The van der Waals surface area contributed by atoms with E-state index in [0.717, 1.165) is 11.1 Å². The average molecular weight is 340 g/mol. The van der Waals surface area contributed by atoms with Gasteiger partial charge < -0.3 is 24.8 Å². The first kappa shape index (κ1) is 15.3. The summed E-state index contributed by atoms with van der Waals surface area (Å²) in [5.41, 5.74) is 2.33. The van der Waals surface area contributed by atoms with E-state index in [4.69, 9.17) is 14.2 Å². The summed E-state index contributed by atoms with van der Waals surface area (Å²) in [5.74, 6) is 1.72. The molecular weight excluding hydrogens is 324 g/mol. The Labute approximate surface area is 143 Å². The van der Waals surface area contributed by atoms with E-state index >= 15 is 0 Å². The van der Waals surface area contributed by atoms with Crippen molar-refractivity contribution in [2.75, 3.05) is 18.7 Å². The minimum atomic E-state index is -0.197. The number of hydrogen-bond acceptors (Lipinski definition) is 5. The monoisotopic (exact) mass is 340 g/mol. The van der Waals surface area contributed by atoms with Gasteiger partial charge in [0.1, 0.15) is 5.75 Å². The number of carbonyl (C=O) groups is 2. The van der Waals surface area contributed by atoms with Gasteiger partial charge in [-0.05, 0) is 35.4 Å². The lowest BCUT2D eigenvalue weighted by atomic mass is 10.1. The van der Waals surface area contributed by atoms with E-state index in [1.165, 1.54) is 0 Å². The molecule has 2 heterocycles. The van der Waals surface area contributed by atoms with Gasteiger partial charge in [-0.1, -0.05) is 12.1 Å². The van der Waals surface area contributed by atoms with Gasteiger partial charge in [-0.3, -0.25) is 9.59 Å². The highest BCUT2D eigenvalue weighted by Crippen LogP contribution is 2.32. The van der Waals surface area contributed by atoms with Crippen molar-refractivity contribution in [1.29, 1.82) is 0 Å². The number of amides is 2. The first-order chi connectivity index (χ1) is 12.2. The second-order valence-corrected chi connectivity index (χ2v) is 5.81. The van der Waals surface area contributed by atoms with Crippen LogP contribution in [0.5, 0.6) is 17.2 Å². The molecule has 2 N–H and O–H groups in total. The SMILES string of the molecule is O=C(Cc1ccc2c(c1)NC(=O)CO2)NCc1ccc2c(c1)OCO2. The third kappa shape index (κ3) is 3.35. The molecule has 7 nitrogen and oxygen atoms in total. The highest BCUT2D eigenvalue weighted by molar-refractivity contribution is 5.95. The zero-order valence-corrected chi connectivity index (χ0v) is 13.3. The lowest BCUT2D eigenvalue weighted by Crippen LogP contribution is -2.26. The van der Waals surface area contributed by atoms with Gasteiger partial charge in [0.2, 0.25) is 12.7 Å². The Kier molecular flexibility index (Phi) is 3.89. The summed E-state index contributed by atoms with van der Waals surface area (Å²) in [6.45, 7) is 0.645. The maximum Gasteiger partial charge on any atom is 0.262 e. The van der Waals surface area contributed by atoms with Crippen molar-refractivity contribution in [3.05, 3.63) is 47.5 Å². The molecule has 0 atom stereocenters. The first-order valence-electron chi connectivity index (χ1n) is 7.88. The van der Waals surface area contributed by atoms with Gasteiger partial charge >= 0.3 is 0 Å². The third-order valence-corrected chi connectivity index (χ3v) is 3.97. The summed E-state index contributed by atoms with van der Waals surface area (Å²) in [6, 6.07) is 10.9. The third-order valence-electron chi connectivity index (χ3n) is 3.97. The second kappa shape index (κ2) is 6.35. The molecule has 2 aromatic rings. The highest BCUT2D eigenvalue weighted by Gasteiger charge is 2.17. The van der Waals surface area contributed by atoms with E-state index in [1.807, 2.05) is 24.3 Å².